The topological polar surface area (TPSA) is 81.9 Å². The van der Waals surface area contributed by atoms with Crippen molar-refractivity contribution in [2.75, 3.05) is 12.9 Å². The van der Waals surface area contributed by atoms with E-state index in [1.165, 1.54) is 31.0 Å². The van der Waals surface area contributed by atoms with Gasteiger partial charge in [0.05, 0.1) is 12.9 Å². The Kier molecular flexibility index (Phi) is 7.42. The Hall–Kier alpha value is -2.87. The molecule has 0 spiro atoms. The van der Waals surface area contributed by atoms with Gasteiger partial charge in [-0.1, -0.05) is 43.7 Å². The minimum absolute atomic E-state index is 0.0352. The molecule has 3 aromatic rings. The maximum absolute atomic E-state index is 12.5. The molecule has 1 fully saturated rings. The molecular formula is C24H29N5O2S. The molecule has 8 heteroatoms. The van der Waals surface area contributed by atoms with Gasteiger partial charge >= 0.3 is 0 Å². The second kappa shape index (κ2) is 10.6. The summed E-state index contributed by atoms with van der Waals surface area (Å²) in [7, 11) is 1.64. The molecule has 1 aliphatic carbocycles. The van der Waals surface area contributed by atoms with Crippen molar-refractivity contribution in [1.82, 2.24) is 25.1 Å². The molecule has 1 N–H and O–H groups in total. The number of benzene rings is 1. The molecule has 32 heavy (non-hydrogen) atoms. The number of rotatable bonds is 8. The number of nitrogens with one attached hydrogen (secondary N) is 1. The van der Waals surface area contributed by atoms with Crippen LogP contribution >= 0.6 is 11.8 Å². The second-order valence-electron chi connectivity index (χ2n) is 8.16. The van der Waals surface area contributed by atoms with Gasteiger partial charge in [-0.2, -0.15) is 0 Å². The lowest BCUT2D eigenvalue weighted by molar-refractivity contribution is -0.118. The molecule has 1 aromatic carbocycles. The van der Waals surface area contributed by atoms with Gasteiger partial charge in [-0.05, 0) is 48.6 Å². The van der Waals surface area contributed by atoms with Crippen molar-refractivity contribution >= 4 is 17.7 Å². The predicted molar refractivity (Wildman–Crippen MR) is 125 cm³/mol. The number of nitrogens with zero attached hydrogens (tertiary/aromatic N) is 4. The van der Waals surface area contributed by atoms with E-state index in [1.54, 1.807) is 13.3 Å². The van der Waals surface area contributed by atoms with Crippen LogP contribution in [0.25, 0.3) is 11.4 Å². The van der Waals surface area contributed by atoms with Crippen molar-refractivity contribution in [3.8, 4) is 17.1 Å². The van der Waals surface area contributed by atoms with Crippen molar-refractivity contribution in [1.29, 1.82) is 0 Å². The molecule has 2 heterocycles. The fraction of sp³-hybridized carbons (Fsp3) is 0.417. The Morgan fingerprint density at radius 2 is 2.09 bits per heavy atom. The lowest BCUT2D eigenvalue weighted by Gasteiger charge is -2.31. The highest BCUT2D eigenvalue weighted by Gasteiger charge is 2.29. The molecule has 0 bridgehead atoms. The molecule has 0 radical (unpaired) electrons. The number of thioether (sulfide) groups is 1. The van der Waals surface area contributed by atoms with Gasteiger partial charge in [0.2, 0.25) is 5.91 Å². The van der Waals surface area contributed by atoms with Crippen LogP contribution in [0.3, 0.4) is 0 Å². The van der Waals surface area contributed by atoms with Gasteiger partial charge in [0.1, 0.15) is 5.75 Å². The number of methoxy groups -OCH3 is 1. The number of carbonyl (C=O) groups excluding carboxylic acids is 1. The first-order chi connectivity index (χ1) is 15.7. The number of amides is 1. The summed E-state index contributed by atoms with van der Waals surface area (Å²) in [6.45, 7) is 2.76. The summed E-state index contributed by atoms with van der Waals surface area (Å²) < 4.78 is 7.48. The summed E-state index contributed by atoms with van der Waals surface area (Å²) in [6, 6.07) is 12.0. The Morgan fingerprint density at radius 3 is 2.88 bits per heavy atom. The molecule has 1 amide bonds. The summed E-state index contributed by atoms with van der Waals surface area (Å²) in [4.78, 5) is 16.8. The first kappa shape index (κ1) is 22.3. The first-order valence-corrected chi connectivity index (χ1v) is 12.0. The third kappa shape index (κ3) is 5.30. The van der Waals surface area contributed by atoms with Crippen LogP contribution in [0.5, 0.6) is 5.75 Å². The lowest BCUT2D eigenvalue weighted by atomic mass is 9.85. The fourth-order valence-electron chi connectivity index (χ4n) is 4.21. The summed E-state index contributed by atoms with van der Waals surface area (Å²) >= 11 is 1.44. The maximum atomic E-state index is 12.5. The quantitative estimate of drug-likeness (QED) is 0.508. The van der Waals surface area contributed by atoms with Crippen LogP contribution in [-0.4, -0.2) is 38.5 Å². The van der Waals surface area contributed by atoms with Gasteiger partial charge in [-0.25, -0.2) is 0 Å². The zero-order valence-electron chi connectivity index (χ0n) is 18.5. The Morgan fingerprint density at radius 1 is 1.22 bits per heavy atom. The number of hydrogen-bond donors (Lipinski definition) is 1. The van der Waals surface area contributed by atoms with Crippen molar-refractivity contribution in [2.24, 2.45) is 5.92 Å². The molecule has 2 aromatic heterocycles. The van der Waals surface area contributed by atoms with Gasteiger partial charge in [-0.3, -0.25) is 14.3 Å². The Bertz CT molecular complexity index is 1040. The Balaban J connectivity index is 1.47. The van der Waals surface area contributed by atoms with Crippen LogP contribution in [-0.2, 0) is 11.3 Å². The van der Waals surface area contributed by atoms with Gasteiger partial charge < -0.3 is 10.1 Å². The summed E-state index contributed by atoms with van der Waals surface area (Å²) in [5.41, 5.74) is 1.95. The van der Waals surface area contributed by atoms with E-state index in [0.29, 0.717) is 18.5 Å². The molecule has 4 rings (SSSR count). The largest absolute Gasteiger partial charge is 0.497 e. The average Bonchev–Trinajstić information content (AvgIpc) is 3.26. The normalized spacial score (nSPS) is 18.3. The van der Waals surface area contributed by atoms with Crippen molar-refractivity contribution < 1.29 is 9.53 Å². The van der Waals surface area contributed by atoms with Crippen molar-refractivity contribution in [3.05, 3.63) is 54.4 Å². The highest BCUT2D eigenvalue weighted by Crippen LogP contribution is 2.38. The molecule has 2 atom stereocenters. The third-order valence-electron chi connectivity index (χ3n) is 5.94. The molecule has 7 nitrogen and oxygen atoms in total. The van der Waals surface area contributed by atoms with E-state index in [-0.39, 0.29) is 11.7 Å². The zero-order valence-corrected chi connectivity index (χ0v) is 19.3. The standard InChI is InChI=1S/C24H29N5O2S/c1-17-7-3-4-11-21(17)29-23(19-9-6-12-25-15-19)27-28-24(29)32-16-22(30)26-14-18-8-5-10-20(13-18)31-2/h5-6,8-10,12-13,15,17,21H,3-4,7,11,14,16H2,1-2H3,(H,26,30). The van der Waals surface area contributed by atoms with Gasteiger partial charge in [0, 0.05) is 30.5 Å². The molecule has 0 saturated heterocycles. The number of ether oxygens (including phenoxy) is 1. The van der Waals surface area contributed by atoms with E-state index in [1.807, 2.05) is 42.6 Å². The highest BCUT2D eigenvalue weighted by atomic mass is 32.2. The SMILES string of the molecule is COc1cccc(CNC(=O)CSc2nnc(-c3cccnc3)n2C2CCCCC2C)c1. The van der Waals surface area contributed by atoms with Crippen LogP contribution in [0.15, 0.2) is 53.9 Å². The lowest BCUT2D eigenvalue weighted by Crippen LogP contribution is -2.25. The first-order valence-electron chi connectivity index (χ1n) is 11.0. The van der Waals surface area contributed by atoms with Crippen LogP contribution < -0.4 is 10.1 Å². The fourth-order valence-corrected chi connectivity index (χ4v) is 5.03. The Labute approximate surface area is 193 Å². The molecule has 0 aliphatic heterocycles. The summed E-state index contributed by atoms with van der Waals surface area (Å²) in [5, 5.41) is 12.7. The van der Waals surface area contributed by atoms with Crippen LogP contribution in [0.1, 0.15) is 44.2 Å². The molecular weight excluding hydrogens is 422 g/mol. The maximum Gasteiger partial charge on any atom is 0.230 e. The van der Waals surface area contributed by atoms with E-state index in [0.717, 1.165) is 34.3 Å². The van der Waals surface area contributed by atoms with Crippen LogP contribution in [0.4, 0.5) is 0 Å². The van der Waals surface area contributed by atoms with E-state index in [4.69, 9.17) is 4.74 Å². The second-order valence-corrected chi connectivity index (χ2v) is 9.11. The number of carbonyl (C=O) groups is 1. The third-order valence-corrected chi connectivity index (χ3v) is 6.88. The van der Waals surface area contributed by atoms with E-state index >= 15 is 0 Å². The van der Waals surface area contributed by atoms with Gasteiger partial charge in [-0.15, -0.1) is 10.2 Å². The average molecular weight is 452 g/mol. The van der Waals surface area contributed by atoms with Crippen molar-refractivity contribution in [2.45, 2.75) is 50.4 Å². The van der Waals surface area contributed by atoms with E-state index < -0.39 is 0 Å². The van der Waals surface area contributed by atoms with Crippen molar-refractivity contribution in [3.63, 3.8) is 0 Å². The minimum atomic E-state index is -0.0352. The molecule has 168 valence electrons. The number of pyridine rings is 1. The molecule has 2 unspecified atom stereocenters. The number of aromatic nitrogens is 4. The zero-order chi connectivity index (χ0) is 22.3. The predicted octanol–water partition coefficient (Wildman–Crippen LogP) is 4.51. The van der Waals surface area contributed by atoms with Gasteiger partial charge in [0.15, 0.2) is 11.0 Å². The smallest absolute Gasteiger partial charge is 0.230 e. The number of hydrogen-bond acceptors (Lipinski definition) is 6. The molecule has 1 aliphatic rings. The summed E-state index contributed by atoms with van der Waals surface area (Å²) in [5.74, 6) is 2.40. The minimum Gasteiger partial charge on any atom is -0.497 e. The van der Waals surface area contributed by atoms with Crippen LogP contribution in [0.2, 0.25) is 0 Å². The summed E-state index contributed by atoms with van der Waals surface area (Å²) in [6.07, 6.45) is 8.34. The molecule has 1 saturated carbocycles. The van der Waals surface area contributed by atoms with Gasteiger partial charge in [0.25, 0.3) is 0 Å². The monoisotopic (exact) mass is 451 g/mol. The van der Waals surface area contributed by atoms with E-state index in [2.05, 4.69) is 32.0 Å². The highest BCUT2D eigenvalue weighted by molar-refractivity contribution is 7.99. The van der Waals surface area contributed by atoms with E-state index in [9.17, 15) is 4.79 Å². The van der Waals surface area contributed by atoms with Crippen LogP contribution in [0, 0.1) is 5.92 Å².